The molecule has 0 aliphatic heterocycles. The normalized spacial score (nSPS) is 9.60. The van der Waals surface area contributed by atoms with Gasteiger partial charge in [-0.25, -0.2) is 0 Å². The average molecular weight is 74.1 g/mol. The molecule has 0 atom stereocenters. The van der Waals surface area contributed by atoms with Gasteiger partial charge in [-0.3, -0.25) is 0 Å². The Balaban J connectivity index is 2.54. The molecule has 2 heteroatoms. The summed E-state index contributed by atoms with van der Waals surface area (Å²) >= 11 is 0. The van der Waals surface area contributed by atoms with Gasteiger partial charge >= 0.3 is 0 Å². The van der Waals surface area contributed by atoms with Crippen molar-refractivity contribution in [2.45, 2.75) is 0 Å². The maximum absolute atomic E-state index is 9.56. The highest BCUT2D eigenvalue weighted by molar-refractivity contribution is 4.15. The van der Waals surface area contributed by atoms with Gasteiger partial charge in [-0.15, -0.1) is 0 Å². The summed E-state index contributed by atoms with van der Waals surface area (Å²) in [5, 5.41) is 9.56. The van der Waals surface area contributed by atoms with Crippen molar-refractivity contribution in [2.24, 2.45) is 0 Å². The van der Waals surface area contributed by atoms with Crippen molar-refractivity contribution in [3.8, 4) is 0 Å². The molecule has 0 bridgehead atoms. The lowest BCUT2D eigenvalue weighted by molar-refractivity contribution is -0.396. The smallest absolute Gasteiger partial charge is 0.0152 e. The molecule has 0 N–H and O–H groups in total. The molecule has 0 spiro atoms. The van der Waals surface area contributed by atoms with Crippen LogP contribution >= 0.6 is 0 Å². The summed E-state index contributed by atoms with van der Waals surface area (Å²) in [5.41, 5.74) is 0. The fraction of sp³-hybridized carbons (Fsp3) is 1.00. The van der Waals surface area contributed by atoms with E-state index in [1.54, 1.807) is 19.0 Å². The van der Waals surface area contributed by atoms with Crippen molar-refractivity contribution in [1.82, 2.24) is 4.90 Å². The standard InChI is InChI=1S/C3H8NO/c1-4(2)3-5/h3H2,1-2H3/q-1. The van der Waals surface area contributed by atoms with Gasteiger partial charge in [-0.1, -0.05) is 6.73 Å². The Morgan fingerprint density at radius 1 is 1.60 bits per heavy atom. The first-order chi connectivity index (χ1) is 2.27. The molecule has 0 saturated carbocycles. The van der Waals surface area contributed by atoms with Crippen molar-refractivity contribution >= 4 is 0 Å². The summed E-state index contributed by atoms with van der Waals surface area (Å²) in [4.78, 5) is 1.57. The monoisotopic (exact) mass is 74.1 g/mol. The van der Waals surface area contributed by atoms with Crippen molar-refractivity contribution in [2.75, 3.05) is 20.8 Å². The molecule has 32 valence electrons. The number of rotatable bonds is 1. The van der Waals surface area contributed by atoms with E-state index < -0.39 is 0 Å². The summed E-state index contributed by atoms with van der Waals surface area (Å²) in [5.74, 6) is 0. The van der Waals surface area contributed by atoms with Crippen LogP contribution in [0.5, 0.6) is 0 Å². The van der Waals surface area contributed by atoms with Gasteiger partial charge in [-0.2, -0.15) is 0 Å². The van der Waals surface area contributed by atoms with Crippen LogP contribution < -0.4 is 5.11 Å². The van der Waals surface area contributed by atoms with Gasteiger partial charge in [0, 0.05) is 0 Å². The number of hydrogen-bond donors (Lipinski definition) is 0. The molecule has 0 rings (SSSR count). The average Bonchev–Trinajstić information content (AvgIpc) is 1.38. The Kier molecular flexibility index (Phi) is 2.14. The predicted octanol–water partition coefficient (Wildman–Crippen LogP) is -1.13. The van der Waals surface area contributed by atoms with Crippen LogP contribution in [0.3, 0.4) is 0 Å². The first kappa shape index (κ1) is 4.92. The van der Waals surface area contributed by atoms with E-state index in [1.165, 1.54) is 0 Å². The zero-order chi connectivity index (χ0) is 4.28. The molecule has 0 aromatic rings. The molecule has 2 nitrogen and oxygen atoms in total. The molecule has 0 radical (unpaired) electrons. The van der Waals surface area contributed by atoms with E-state index in [9.17, 15) is 5.11 Å². The van der Waals surface area contributed by atoms with E-state index in [2.05, 4.69) is 0 Å². The predicted molar refractivity (Wildman–Crippen MR) is 18.6 cm³/mol. The molecule has 0 saturated heterocycles. The Labute approximate surface area is 32.0 Å². The number of hydrogen-bond acceptors (Lipinski definition) is 2. The second-order valence-corrected chi connectivity index (χ2v) is 1.21. The Morgan fingerprint density at radius 3 is 1.80 bits per heavy atom. The summed E-state index contributed by atoms with van der Waals surface area (Å²) in [6.07, 6.45) is 0. The Hall–Kier alpha value is -0.0800. The molecule has 0 aromatic heterocycles. The summed E-state index contributed by atoms with van der Waals surface area (Å²) in [7, 11) is 3.49. The number of nitrogens with zero attached hydrogens (tertiary/aromatic N) is 1. The lowest BCUT2D eigenvalue weighted by atomic mass is 11.0. The molecular formula is C3H8NO-. The first-order valence-electron chi connectivity index (χ1n) is 1.50. The fourth-order valence-corrected chi connectivity index (χ4v) is 0. The third kappa shape index (κ3) is 3.92. The minimum atomic E-state index is -0.111. The van der Waals surface area contributed by atoms with Gasteiger partial charge in [0.1, 0.15) is 0 Å². The zero-order valence-corrected chi connectivity index (χ0v) is 3.56. The van der Waals surface area contributed by atoms with E-state index in [-0.39, 0.29) is 6.73 Å². The third-order valence-corrected chi connectivity index (χ3v) is 0.258. The lowest BCUT2D eigenvalue weighted by Crippen LogP contribution is -2.23. The van der Waals surface area contributed by atoms with Gasteiger partial charge in [0.05, 0.1) is 0 Å². The van der Waals surface area contributed by atoms with Gasteiger partial charge in [-0.05, 0) is 14.1 Å². The molecule has 0 aliphatic carbocycles. The lowest BCUT2D eigenvalue weighted by Gasteiger charge is -2.10. The third-order valence-electron chi connectivity index (χ3n) is 0.258. The van der Waals surface area contributed by atoms with Crippen molar-refractivity contribution in [1.29, 1.82) is 0 Å². The van der Waals surface area contributed by atoms with Crippen LogP contribution in [0.2, 0.25) is 0 Å². The van der Waals surface area contributed by atoms with Crippen LogP contribution in [0.1, 0.15) is 0 Å². The van der Waals surface area contributed by atoms with Crippen LogP contribution in [-0.4, -0.2) is 25.7 Å². The molecular weight excluding hydrogens is 66.0 g/mol. The van der Waals surface area contributed by atoms with Crippen molar-refractivity contribution < 1.29 is 5.11 Å². The largest absolute Gasteiger partial charge is 0.843 e. The first-order valence-corrected chi connectivity index (χ1v) is 1.50. The highest BCUT2D eigenvalue weighted by Gasteiger charge is 1.64. The maximum atomic E-state index is 9.56. The SMILES string of the molecule is CN(C)C[O-]. The molecule has 0 fully saturated rings. The van der Waals surface area contributed by atoms with E-state index >= 15 is 0 Å². The summed E-state index contributed by atoms with van der Waals surface area (Å²) < 4.78 is 0. The van der Waals surface area contributed by atoms with Crippen LogP contribution in [0.25, 0.3) is 0 Å². The molecule has 0 unspecified atom stereocenters. The van der Waals surface area contributed by atoms with E-state index in [1.807, 2.05) is 0 Å². The summed E-state index contributed by atoms with van der Waals surface area (Å²) in [6.45, 7) is -0.111. The highest BCUT2D eigenvalue weighted by atomic mass is 16.3. The van der Waals surface area contributed by atoms with Crippen LogP contribution in [0.4, 0.5) is 0 Å². The molecule has 5 heavy (non-hydrogen) atoms. The molecule has 0 heterocycles. The van der Waals surface area contributed by atoms with E-state index in [0.717, 1.165) is 0 Å². The topological polar surface area (TPSA) is 26.3 Å². The van der Waals surface area contributed by atoms with Crippen molar-refractivity contribution in [3.63, 3.8) is 0 Å². The molecule has 0 aromatic carbocycles. The zero-order valence-electron chi connectivity index (χ0n) is 3.56. The minimum absolute atomic E-state index is 0.111. The van der Waals surface area contributed by atoms with Gasteiger partial charge in [0.15, 0.2) is 0 Å². The fourth-order valence-electron chi connectivity index (χ4n) is 0. The minimum Gasteiger partial charge on any atom is -0.843 e. The van der Waals surface area contributed by atoms with Crippen molar-refractivity contribution in [3.05, 3.63) is 0 Å². The second-order valence-electron chi connectivity index (χ2n) is 1.21. The summed E-state index contributed by atoms with van der Waals surface area (Å²) in [6, 6.07) is 0. The Morgan fingerprint density at radius 2 is 1.80 bits per heavy atom. The van der Waals surface area contributed by atoms with Crippen LogP contribution in [0.15, 0.2) is 0 Å². The van der Waals surface area contributed by atoms with Gasteiger partial charge in [0.25, 0.3) is 0 Å². The van der Waals surface area contributed by atoms with Crippen LogP contribution in [-0.2, 0) is 0 Å². The molecule has 0 aliphatic rings. The van der Waals surface area contributed by atoms with E-state index in [0.29, 0.717) is 0 Å². The van der Waals surface area contributed by atoms with Gasteiger partial charge < -0.3 is 10.0 Å². The highest BCUT2D eigenvalue weighted by Crippen LogP contribution is 1.55. The second kappa shape index (κ2) is 2.18. The Bertz CT molecular complexity index is 20.9. The van der Waals surface area contributed by atoms with Crippen LogP contribution in [0, 0.1) is 0 Å². The maximum Gasteiger partial charge on any atom is -0.0152 e. The quantitative estimate of drug-likeness (QED) is 0.368. The van der Waals surface area contributed by atoms with E-state index in [4.69, 9.17) is 0 Å². The molecule has 0 amide bonds. The van der Waals surface area contributed by atoms with Gasteiger partial charge in [0.2, 0.25) is 0 Å².